The van der Waals surface area contributed by atoms with Crippen LogP contribution in [-0.4, -0.2) is 54.0 Å². The van der Waals surface area contributed by atoms with Crippen LogP contribution in [0.1, 0.15) is 27.9 Å². The minimum absolute atomic E-state index is 0.0347. The van der Waals surface area contributed by atoms with Crippen molar-refractivity contribution in [2.45, 2.75) is 26.3 Å². The maximum absolute atomic E-state index is 12.4. The number of carbonyl (C=O) groups excluding carboxylic acids is 2. The molecule has 0 saturated carbocycles. The van der Waals surface area contributed by atoms with Crippen molar-refractivity contribution in [3.05, 3.63) is 34.9 Å². The molecule has 6 heteroatoms. The molecule has 1 aromatic rings. The Labute approximate surface area is 147 Å². The van der Waals surface area contributed by atoms with Gasteiger partial charge in [-0.2, -0.15) is 0 Å². The summed E-state index contributed by atoms with van der Waals surface area (Å²) in [7, 11) is 0. The zero-order chi connectivity index (χ0) is 17.1. The van der Waals surface area contributed by atoms with E-state index in [2.05, 4.69) is 16.7 Å². The Morgan fingerprint density at radius 2 is 2.04 bits per heavy atom. The van der Waals surface area contributed by atoms with E-state index in [1.165, 1.54) is 0 Å². The van der Waals surface area contributed by atoms with E-state index in [-0.39, 0.29) is 17.9 Å². The van der Waals surface area contributed by atoms with Gasteiger partial charge >= 0.3 is 0 Å². The van der Waals surface area contributed by atoms with Crippen LogP contribution in [0.4, 0.5) is 0 Å². The summed E-state index contributed by atoms with van der Waals surface area (Å²) in [4.78, 5) is 26.6. The summed E-state index contributed by atoms with van der Waals surface area (Å²) in [6, 6.07) is 5.79. The molecule has 3 rings (SSSR count). The fourth-order valence-electron chi connectivity index (χ4n) is 3.41. The van der Waals surface area contributed by atoms with Crippen LogP contribution in [0.15, 0.2) is 18.2 Å². The molecular weight excluding hydrogens is 322 g/mol. The molecule has 5 nitrogen and oxygen atoms in total. The van der Waals surface area contributed by atoms with Crippen molar-refractivity contribution in [1.29, 1.82) is 0 Å². The Morgan fingerprint density at radius 1 is 1.29 bits per heavy atom. The lowest BCUT2D eigenvalue weighted by Gasteiger charge is -2.19. The molecule has 0 aromatic heterocycles. The second-order valence-corrected chi connectivity index (χ2v) is 7.86. The number of amides is 2. The highest BCUT2D eigenvalue weighted by atomic mass is 32.2. The van der Waals surface area contributed by atoms with Crippen LogP contribution >= 0.6 is 11.8 Å². The van der Waals surface area contributed by atoms with Crippen molar-refractivity contribution in [2.75, 3.05) is 31.3 Å². The molecule has 1 unspecified atom stereocenters. The fourth-order valence-corrected chi connectivity index (χ4v) is 4.36. The first-order valence-electron chi connectivity index (χ1n) is 8.49. The molecule has 2 heterocycles. The first kappa shape index (κ1) is 17.3. The van der Waals surface area contributed by atoms with E-state index in [0.29, 0.717) is 18.0 Å². The van der Waals surface area contributed by atoms with Crippen molar-refractivity contribution in [3.8, 4) is 0 Å². The minimum atomic E-state index is -0.0909. The SMILES string of the molecule is Cc1cc(C)cc(C(=O)NCC2CN[C@H](C(=O)N3CCSC3)C2)c1. The van der Waals surface area contributed by atoms with E-state index in [1.807, 2.05) is 30.9 Å². The van der Waals surface area contributed by atoms with Crippen LogP contribution in [-0.2, 0) is 4.79 Å². The average Bonchev–Trinajstić information content (AvgIpc) is 3.22. The van der Waals surface area contributed by atoms with Gasteiger partial charge in [-0.15, -0.1) is 11.8 Å². The Balaban J connectivity index is 1.49. The zero-order valence-corrected chi connectivity index (χ0v) is 15.1. The summed E-state index contributed by atoms with van der Waals surface area (Å²) in [5.41, 5.74) is 2.90. The number of nitrogens with one attached hydrogen (secondary N) is 2. The molecule has 0 radical (unpaired) electrons. The highest BCUT2D eigenvalue weighted by Gasteiger charge is 2.33. The van der Waals surface area contributed by atoms with Gasteiger partial charge in [-0.3, -0.25) is 9.59 Å². The van der Waals surface area contributed by atoms with E-state index < -0.39 is 0 Å². The monoisotopic (exact) mass is 347 g/mol. The van der Waals surface area contributed by atoms with Gasteiger partial charge < -0.3 is 15.5 Å². The summed E-state index contributed by atoms with van der Waals surface area (Å²) in [5, 5.41) is 6.33. The third kappa shape index (κ3) is 4.11. The lowest BCUT2D eigenvalue weighted by atomic mass is 10.0. The van der Waals surface area contributed by atoms with Crippen LogP contribution in [0.2, 0.25) is 0 Å². The zero-order valence-electron chi connectivity index (χ0n) is 14.3. The molecule has 0 spiro atoms. The first-order valence-corrected chi connectivity index (χ1v) is 9.65. The number of aryl methyl sites for hydroxylation is 2. The number of benzene rings is 1. The number of hydrogen-bond donors (Lipinski definition) is 2. The standard InChI is InChI=1S/C18H25N3O2S/c1-12-5-13(2)7-15(6-12)17(22)20-10-14-8-16(19-9-14)18(23)21-3-4-24-11-21/h5-7,14,16,19H,3-4,8-11H2,1-2H3,(H,20,22)/t14?,16-/m0/s1. The number of thioether (sulfide) groups is 1. The molecule has 24 heavy (non-hydrogen) atoms. The lowest BCUT2D eigenvalue weighted by Crippen LogP contribution is -2.42. The predicted octanol–water partition coefficient (Wildman–Crippen LogP) is 1.54. The highest BCUT2D eigenvalue weighted by Crippen LogP contribution is 2.20. The van der Waals surface area contributed by atoms with Gasteiger partial charge in [-0.25, -0.2) is 0 Å². The van der Waals surface area contributed by atoms with Gasteiger partial charge in [0.1, 0.15) is 0 Å². The lowest BCUT2D eigenvalue weighted by molar-refractivity contribution is -0.131. The molecule has 2 fully saturated rings. The number of rotatable bonds is 4. The smallest absolute Gasteiger partial charge is 0.251 e. The third-order valence-corrected chi connectivity index (χ3v) is 5.59. The number of hydrogen-bond acceptors (Lipinski definition) is 4. The Hall–Kier alpha value is -1.53. The molecule has 2 aliphatic rings. The second-order valence-electron chi connectivity index (χ2n) is 6.79. The topological polar surface area (TPSA) is 61.4 Å². The molecule has 1 aromatic carbocycles. The summed E-state index contributed by atoms with van der Waals surface area (Å²) in [6.07, 6.45) is 0.799. The Kier molecular flexibility index (Phi) is 5.46. The average molecular weight is 347 g/mol. The van der Waals surface area contributed by atoms with Gasteiger partial charge in [-0.05, 0) is 38.3 Å². The Bertz CT molecular complexity index is 608. The summed E-state index contributed by atoms with van der Waals surface area (Å²) in [5.74, 6) is 2.33. The van der Waals surface area contributed by atoms with Crippen LogP contribution in [0.3, 0.4) is 0 Å². The van der Waals surface area contributed by atoms with Crippen molar-refractivity contribution >= 4 is 23.6 Å². The van der Waals surface area contributed by atoms with Gasteiger partial charge in [0.25, 0.3) is 5.91 Å². The van der Waals surface area contributed by atoms with Gasteiger partial charge in [-0.1, -0.05) is 17.2 Å². The largest absolute Gasteiger partial charge is 0.352 e. The van der Waals surface area contributed by atoms with E-state index in [1.54, 1.807) is 11.8 Å². The maximum Gasteiger partial charge on any atom is 0.251 e. The molecule has 130 valence electrons. The van der Waals surface area contributed by atoms with Crippen LogP contribution < -0.4 is 10.6 Å². The van der Waals surface area contributed by atoms with Gasteiger partial charge in [0.2, 0.25) is 5.91 Å². The highest BCUT2D eigenvalue weighted by molar-refractivity contribution is 7.99. The normalized spacial score (nSPS) is 23.5. The van der Waals surface area contributed by atoms with Crippen LogP contribution in [0.5, 0.6) is 0 Å². The van der Waals surface area contributed by atoms with Crippen molar-refractivity contribution in [1.82, 2.24) is 15.5 Å². The van der Waals surface area contributed by atoms with Crippen LogP contribution in [0, 0.1) is 19.8 Å². The van der Waals surface area contributed by atoms with Crippen LogP contribution in [0.25, 0.3) is 0 Å². The molecule has 2 amide bonds. The summed E-state index contributed by atoms with van der Waals surface area (Å²) < 4.78 is 0. The fraction of sp³-hybridized carbons (Fsp3) is 0.556. The predicted molar refractivity (Wildman–Crippen MR) is 97.2 cm³/mol. The molecule has 0 bridgehead atoms. The third-order valence-electron chi connectivity index (χ3n) is 4.62. The number of nitrogens with zero attached hydrogens (tertiary/aromatic N) is 1. The minimum Gasteiger partial charge on any atom is -0.352 e. The van der Waals surface area contributed by atoms with Gasteiger partial charge in [0, 0.05) is 31.0 Å². The van der Waals surface area contributed by atoms with E-state index in [9.17, 15) is 9.59 Å². The van der Waals surface area contributed by atoms with E-state index in [0.717, 1.165) is 42.3 Å². The van der Waals surface area contributed by atoms with Gasteiger partial charge in [0.05, 0.1) is 11.9 Å². The maximum atomic E-state index is 12.4. The van der Waals surface area contributed by atoms with E-state index in [4.69, 9.17) is 0 Å². The molecule has 2 N–H and O–H groups in total. The summed E-state index contributed by atoms with van der Waals surface area (Å²) in [6.45, 7) is 6.24. The van der Waals surface area contributed by atoms with Crippen molar-refractivity contribution < 1.29 is 9.59 Å². The molecule has 2 atom stereocenters. The van der Waals surface area contributed by atoms with Crippen molar-refractivity contribution in [2.24, 2.45) is 5.92 Å². The molecular formula is C18H25N3O2S. The summed E-state index contributed by atoms with van der Waals surface area (Å²) >= 11 is 1.80. The van der Waals surface area contributed by atoms with E-state index >= 15 is 0 Å². The molecule has 2 aliphatic heterocycles. The molecule has 2 saturated heterocycles. The quantitative estimate of drug-likeness (QED) is 0.867. The molecule has 0 aliphatic carbocycles. The second kappa shape index (κ2) is 7.57. The number of carbonyl (C=O) groups is 2. The first-order chi connectivity index (χ1) is 11.5. The van der Waals surface area contributed by atoms with Crippen molar-refractivity contribution in [3.63, 3.8) is 0 Å². The van der Waals surface area contributed by atoms with Gasteiger partial charge in [0.15, 0.2) is 0 Å². The Morgan fingerprint density at radius 3 is 2.71 bits per heavy atom.